The molecule has 0 fully saturated rings. The molecule has 9 heavy (non-hydrogen) atoms. The van der Waals surface area contributed by atoms with E-state index in [4.69, 9.17) is 4.74 Å². The van der Waals surface area contributed by atoms with E-state index in [1.165, 1.54) is 6.26 Å². The van der Waals surface area contributed by atoms with Gasteiger partial charge in [0.25, 0.3) is 0 Å². The Balaban J connectivity index is 2.66. The van der Waals surface area contributed by atoms with Gasteiger partial charge in [0.05, 0.1) is 20.0 Å². The molecule has 0 aliphatic rings. The summed E-state index contributed by atoms with van der Waals surface area (Å²) in [6.45, 7) is 4.85. The lowest BCUT2D eigenvalue weighted by molar-refractivity contribution is 0.202. The van der Waals surface area contributed by atoms with Gasteiger partial charge in [-0.1, -0.05) is 6.58 Å². The number of ether oxygens (including phenoxy) is 2. The lowest BCUT2D eigenvalue weighted by atomic mass is 10.3. The van der Waals surface area contributed by atoms with Gasteiger partial charge in [0.1, 0.15) is 0 Å². The fourth-order valence-electron chi connectivity index (χ4n) is 0.473. The summed E-state index contributed by atoms with van der Waals surface area (Å²) >= 11 is 0. The minimum atomic E-state index is 0.709. The van der Waals surface area contributed by atoms with Gasteiger partial charge in [0, 0.05) is 6.61 Å². The van der Waals surface area contributed by atoms with Crippen LogP contribution < -0.4 is 0 Å². The SMILES string of the molecule is [CH2]OCCCCOC=C. The predicted octanol–water partition coefficient (Wildman–Crippen LogP) is 1.73. The molecular weight excluding hydrogens is 116 g/mol. The fraction of sp³-hybridized carbons (Fsp3) is 0.571. The topological polar surface area (TPSA) is 18.5 Å². The van der Waals surface area contributed by atoms with Gasteiger partial charge in [0.15, 0.2) is 0 Å². The first-order valence-corrected chi connectivity index (χ1v) is 3.01. The van der Waals surface area contributed by atoms with E-state index in [9.17, 15) is 0 Å². The largest absolute Gasteiger partial charge is 0.502 e. The van der Waals surface area contributed by atoms with Crippen LogP contribution in [-0.2, 0) is 9.47 Å². The highest BCUT2D eigenvalue weighted by molar-refractivity contribution is 4.48. The smallest absolute Gasteiger partial charge is 0.0873 e. The molecule has 0 aromatic carbocycles. The normalized spacial score (nSPS) is 9.00. The Morgan fingerprint density at radius 3 is 2.44 bits per heavy atom. The molecule has 0 aliphatic carbocycles. The molecule has 0 bridgehead atoms. The average Bonchev–Trinajstić information content (AvgIpc) is 1.89. The van der Waals surface area contributed by atoms with Gasteiger partial charge in [-0.05, 0) is 12.8 Å². The molecule has 0 saturated heterocycles. The van der Waals surface area contributed by atoms with Crippen LogP contribution in [0.4, 0.5) is 0 Å². The molecule has 0 N–H and O–H groups in total. The first-order valence-electron chi connectivity index (χ1n) is 3.01. The van der Waals surface area contributed by atoms with Crippen LogP contribution in [0.15, 0.2) is 12.8 Å². The number of hydrogen-bond donors (Lipinski definition) is 0. The summed E-state index contributed by atoms with van der Waals surface area (Å²) in [6, 6.07) is 0. The van der Waals surface area contributed by atoms with Crippen molar-refractivity contribution >= 4 is 0 Å². The van der Waals surface area contributed by atoms with E-state index >= 15 is 0 Å². The summed E-state index contributed by atoms with van der Waals surface area (Å²) in [5.74, 6) is 0. The Morgan fingerprint density at radius 1 is 1.22 bits per heavy atom. The molecule has 0 amide bonds. The number of hydrogen-bond acceptors (Lipinski definition) is 2. The third-order valence-electron chi connectivity index (χ3n) is 0.919. The van der Waals surface area contributed by atoms with Crippen LogP contribution in [0.1, 0.15) is 12.8 Å². The van der Waals surface area contributed by atoms with Crippen molar-refractivity contribution in [1.82, 2.24) is 0 Å². The van der Waals surface area contributed by atoms with Gasteiger partial charge < -0.3 is 9.47 Å². The van der Waals surface area contributed by atoms with Crippen LogP contribution in [0.3, 0.4) is 0 Å². The molecule has 0 saturated carbocycles. The lowest BCUT2D eigenvalue weighted by Gasteiger charge is -1.98. The van der Waals surface area contributed by atoms with Crippen molar-refractivity contribution in [3.05, 3.63) is 20.0 Å². The van der Waals surface area contributed by atoms with E-state index in [0.717, 1.165) is 19.4 Å². The summed E-state index contributed by atoms with van der Waals surface area (Å²) in [4.78, 5) is 0. The third kappa shape index (κ3) is 7.50. The molecular formula is C7H13O2. The van der Waals surface area contributed by atoms with Gasteiger partial charge in [0.2, 0.25) is 0 Å². The van der Waals surface area contributed by atoms with Crippen LogP contribution in [0.5, 0.6) is 0 Å². The molecule has 0 rings (SSSR count). The summed E-state index contributed by atoms with van der Waals surface area (Å²) < 4.78 is 9.46. The molecule has 0 aliphatic heterocycles. The van der Waals surface area contributed by atoms with Crippen LogP contribution in [0.25, 0.3) is 0 Å². The first kappa shape index (κ1) is 8.50. The molecule has 0 atom stereocenters. The summed E-state index contributed by atoms with van der Waals surface area (Å²) in [7, 11) is 3.24. The van der Waals surface area contributed by atoms with E-state index in [-0.39, 0.29) is 0 Å². The highest BCUT2D eigenvalue weighted by Crippen LogP contribution is 1.89. The average molecular weight is 129 g/mol. The van der Waals surface area contributed by atoms with Crippen molar-refractivity contribution in [2.45, 2.75) is 12.8 Å². The van der Waals surface area contributed by atoms with Gasteiger partial charge in [-0.15, -0.1) is 0 Å². The van der Waals surface area contributed by atoms with Crippen LogP contribution in [-0.4, -0.2) is 13.2 Å². The second kappa shape index (κ2) is 7.50. The van der Waals surface area contributed by atoms with Crippen LogP contribution >= 0.6 is 0 Å². The summed E-state index contributed by atoms with van der Waals surface area (Å²) in [5, 5.41) is 0. The van der Waals surface area contributed by atoms with Crippen molar-refractivity contribution in [3.63, 3.8) is 0 Å². The third-order valence-corrected chi connectivity index (χ3v) is 0.919. The molecule has 0 aromatic heterocycles. The van der Waals surface area contributed by atoms with E-state index in [2.05, 4.69) is 18.4 Å². The van der Waals surface area contributed by atoms with Gasteiger partial charge in [-0.3, -0.25) is 0 Å². The summed E-state index contributed by atoms with van der Waals surface area (Å²) in [6.07, 6.45) is 3.45. The van der Waals surface area contributed by atoms with Crippen LogP contribution in [0.2, 0.25) is 0 Å². The van der Waals surface area contributed by atoms with Crippen molar-refractivity contribution in [2.24, 2.45) is 0 Å². The van der Waals surface area contributed by atoms with Crippen LogP contribution in [0, 0.1) is 7.11 Å². The van der Waals surface area contributed by atoms with Crippen molar-refractivity contribution < 1.29 is 9.47 Å². The Labute approximate surface area is 56.5 Å². The zero-order valence-corrected chi connectivity index (χ0v) is 5.64. The minimum absolute atomic E-state index is 0.709. The van der Waals surface area contributed by atoms with Crippen molar-refractivity contribution in [3.8, 4) is 0 Å². The van der Waals surface area contributed by atoms with E-state index in [1.54, 1.807) is 0 Å². The summed E-state index contributed by atoms with van der Waals surface area (Å²) in [5.41, 5.74) is 0. The minimum Gasteiger partial charge on any atom is -0.502 e. The van der Waals surface area contributed by atoms with E-state index in [0.29, 0.717) is 6.61 Å². The zero-order valence-electron chi connectivity index (χ0n) is 5.64. The maximum absolute atomic E-state index is 4.87. The van der Waals surface area contributed by atoms with Crippen molar-refractivity contribution in [1.29, 1.82) is 0 Å². The zero-order chi connectivity index (χ0) is 6.95. The quantitative estimate of drug-likeness (QED) is 0.401. The Morgan fingerprint density at radius 2 is 1.89 bits per heavy atom. The van der Waals surface area contributed by atoms with Gasteiger partial charge in [-0.25, -0.2) is 0 Å². The molecule has 0 unspecified atom stereocenters. The second-order valence-corrected chi connectivity index (χ2v) is 1.65. The Kier molecular flexibility index (Phi) is 7.08. The maximum atomic E-state index is 4.87. The Bertz CT molecular complexity index is 61.9. The van der Waals surface area contributed by atoms with E-state index < -0.39 is 0 Å². The molecule has 0 aromatic rings. The number of rotatable bonds is 6. The van der Waals surface area contributed by atoms with Crippen molar-refractivity contribution in [2.75, 3.05) is 13.2 Å². The van der Waals surface area contributed by atoms with Gasteiger partial charge in [-0.2, -0.15) is 0 Å². The predicted molar refractivity (Wildman–Crippen MR) is 36.7 cm³/mol. The highest BCUT2D eigenvalue weighted by Gasteiger charge is 1.84. The molecule has 2 nitrogen and oxygen atoms in total. The molecule has 53 valence electrons. The molecule has 1 radical (unpaired) electrons. The lowest BCUT2D eigenvalue weighted by Crippen LogP contribution is -1.91. The molecule has 2 heteroatoms. The second-order valence-electron chi connectivity index (χ2n) is 1.65. The standard InChI is InChI=1S/C7H13O2/c1-3-9-7-5-4-6-8-2/h3H,1-2,4-7H2. The molecule has 0 heterocycles. The maximum Gasteiger partial charge on any atom is 0.0873 e. The van der Waals surface area contributed by atoms with Gasteiger partial charge >= 0.3 is 0 Å². The van der Waals surface area contributed by atoms with E-state index in [1.807, 2.05) is 0 Å². The monoisotopic (exact) mass is 129 g/mol. The highest BCUT2D eigenvalue weighted by atomic mass is 16.5. The Hall–Kier alpha value is -0.500. The first-order chi connectivity index (χ1) is 4.41. The number of unbranched alkanes of at least 4 members (excludes halogenated alkanes) is 1. The fourth-order valence-corrected chi connectivity index (χ4v) is 0.473. The molecule has 0 spiro atoms.